The number of hydrogen-bond donors (Lipinski definition) is 1. The lowest BCUT2D eigenvalue weighted by atomic mass is 10.3. The van der Waals surface area contributed by atoms with Gasteiger partial charge in [0.1, 0.15) is 6.61 Å². The van der Waals surface area contributed by atoms with E-state index in [-0.39, 0.29) is 12.5 Å². The fourth-order valence-electron chi connectivity index (χ4n) is 1.24. The van der Waals surface area contributed by atoms with Gasteiger partial charge in [-0.25, -0.2) is 0 Å². The number of likely N-dealkylation sites (N-methyl/N-ethyl adjacent to an activating group) is 1. The molecule has 1 heterocycles. The summed E-state index contributed by atoms with van der Waals surface area (Å²) in [6.45, 7) is 0.859. The van der Waals surface area contributed by atoms with Crippen LogP contribution in [0.3, 0.4) is 0 Å². The van der Waals surface area contributed by atoms with Crippen LogP contribution >= 0.6 is 0 Å². The molecular formula is C11H17N3O3. The van der Waals surface area contributed by atoms with E-state index in [1.807, 2.05) is 0 Å². The molecule has 6 heteroatoms. The minimum absolute atomic E-state index is 0.00161. The van der Waals surface area contributed by atoms with Crippen molar-refractivity contribution in [2.24, 2.45) is 0 Å². The number of nitrogens with zero attached hydrogens (tertiary/aromatic N) is 2. The van der Waals surface area contributed by atoms with Gasteiger partial charge in [-0.3, -0.25) is 9.78 Å². The summed E-state index contributed by atoms with van der Waals surface area (Å²) in [5.74, 6) is -0.168. The maximum Gasteiger partial charge on any atom is 0.252 e. The molecule has 0 fully saturated rings. The molecular weight excluding hydrogens is 222 g/mol. The number of rotatable bonds is 6. The van der Waals surface area contributed by atoms with Gasteiger partial charge in [0.2, 0.25) is 0 Å². The summed E-state index contributed by atoms with van der Waals surface area (Å²) in [5.41, 5.74) is 6.80. The third kappa shape index (κ3) is 4.01. The van der Waals surface area contributed by atoms with E-state index in [0.29, 0.717) is 24.6 Å². The molecule has 0 saturated heterocycles. The van der Waals surface area contributed by atoms with Crippen LogP contribution in [0.15, 0.2) is 18.5 Å². The lowest BCUT2D eigenvalue weighted by Crippen LogP contribution is -2.31. The predicted molar refractivity (Wildman–Crippen MR) is 64.8 cm³/mol. The highest BCUT2D eigenvalue weighted by Gasteiger charge is 2.13. The first-order valence-electron chi connectivity index (χ1n) is 5.19. The zero-order valence-corrected chi connectivity index (χ0v) is 10.0. The minimum atomic E-state index is -0.168. The summed E-state index contributed by atoms with van der Waals surface area (Å²) in [7, 11) is 3.22. The molecule has 17 heavy (non-hydrogen) atoms. The average molecular weight is 239 g/mol. The number of nitrogens with two attached hydrogens (primary N) is 1. The fourth-order valence-corrected chi connectivity index (χ4v) is 1.24. The van der Waals surface area contributed by atoms with Crippen LogP contribution in [0.4, 0.5) is 11.4 Å². The first-order valence-corrected chi connectivity index (χ1v) is 5.19. The fraction of sp³-hybridized carbons (Fsp3) is 0.455. The molecule has 1 amide bonds. The Labute approximate surface area is 100 Å². The largest absolute Gasteiger partial charge is 0.396 e. The van der Waals surface area contributed by atoms with Crippen LogP contribution in [0.1, 0.15) is 0 Å². The van der Waals surface area contributed by atoms with Crippen molar-refractivity contribution in [1.29, 1.82) is 0 Å². The van der Waals surface area contributed by atoms with E-state index < -0.39 is 0 Å². The van der Waals surface area contributed by atoms with Gasteiger partial charge in [-0.2, -0.15) is 0 Å². The number of ether oxygens (including phenoxy) is 2. The maximum absolute atomic E-state index is 11.7. The highest BCUT2D eigenvalue weighted by atomic mass is 16.5. The minimum Gasteiger partial charge on any atom is -0.396 e. The number of pyridine rings is 1. The first kappa shape index (κ1) is 13.4. The molecule has 0 spiro atoms. The molecule has 0 unspecified atom stereocenters. The second kappa shape index (κ2) is 6.82. The molecule has 0 atom stereocenters. The highest BCUT2D eigenvalue weighted by molar-refractivity contribution is 5.96. The molecule has 0 aliphatic rings. The SMILES string of the molecule is COCCOCC(=O)N(C)c1ccncc1N. The molecule has 94 valence electrons. The van der Waals surface area contributed by atoms with E-state index in [1.165, 1.54) is 11.1 Å². The number of nitrogen functional groups attached to an aromatic ring is 1. The molecule has 0 aliphatic carbocycles. The Morgan fingerprint density at radius 1 is 1.53 bits per heavy atom. The molecule has 0 aliphatic heterocycles. The number of hydrogen-bond acceptors (Lipinski definition) is 5. The van der Waals surface area contributed by atoms with Gasteiger partial charge in [0.05, 0.1) is 30.8 Å². The smallest absolute Gasteiger partial charge is 0.252 e. The second-order valence-corrected chi connectivity index (χ2v) is 3.43. The van der Waals surface area contributed by atoms with Gasteiger partial charge >= 0.3 is 0 Å². The number of methoxy groups -OCH3 is 1. The van der Waals surface area contributed by atoms with Crippen LogP contribution in [0.5, 0.6) is 0 Å². The Bertz CT molecular complexity index is 371. The Morgan fingerprint density at radius 2 is 2.29 bits per heavy atom. The number of carbonyl (C=O) groups is 1. The molecule has 0 radical (unpaired) electrons. The van der Waals surface area contributed by atoms with Crippen LogP contribution in [-0.4, -0.2) is 44.9 Å². The molecule has 1 aromatic heterocycles. The van der Waals surface area contributed by atoms with E-state index in [1.54, 1.807) is 26.4 Å². The van der Waals surface area contributed by atoms with Gasteiger partial charge in [-0.05, 0) is 6.07 Å². The van der Waals surface area contributed by atoms with Gasteiger partial charge < -0.3 is 20.1 Å². The van der Waals surface area contributed by atoms with Gasteiger partial charge in [-0.1, -0.05) is 0 Å². The van der Waals surface area contributed by atoms with Crippen molar-refractivity contribution in [2.45, 2.75) is 0 Å². The predicted octanol–water partition coefficient (Wildman–Crippen LogP) is 0.290. The molecule has 2 N–H and O–H groups in total. The van der Waals surface area contributed by atoms with Crippen LogP contribution in [-0.2, 0) is 14.3 Å². The summed E-state index contributed by atoms with van der Waals surface area (Å²) in [6.07, 6.45) is 3.09. The highest BCUT2D eigenvalue weighted by Crippen LogP contribution is 2.19. The van der Waals surface area contributed by atoms with E-state index in [0.717, 1.165) is 0 Å². The average Bonchev–Trinajstić information content (AvgIpc) is 2.34. The summed E-state index contributed by atoms with van der Waals surface area (Å²) >= 11 is 0. The topological polar surface area (TPSA) is 77.7 Å². The van der Waals surface area contributed by atoms with E-state index in [9.17, 15) is 4.79 Å². The van der Waals surface area contributed by atoms with Crippen molar-refractivity contribution in [3.63, 3.8) is 0 Å². The zero-order valence-electron chi connectivity index (χ0n) is 10.0. The number of amides is 1. The first-order chi connectivity index (χ1) is 8.16. The number of carbonyl (C=O) groups excluding carboxylic acids is 1. The standard InChI is InChI=1S/C11H17N3O3/c1-14(10-3-4-13-7-9(10)12)11(15)8-17-6-5-16-2/h3-4,7H,5-6,8,12H2,1-2H3. The Morgan fingerprint density at radius 3 is 2.94 bits per heavy atom. The van der Waals surface area contributed by atoms with Crippen LogP contribution < -0.4 is 10.6 Å². The Hall–Kier alpha value is -1.66. The number of aromatic nitrogens is 1. The van der Waals surface area contributed by atoms with Crippen molar-refractivity contribution in [3.8, 4) is 0 Å². The van der Waals surface area contributed by atoms with E-state index >= 15 is 0 Å². The van der Waals surface area contributed by atoms with Crippen LogP contribution in [0.25, 0.3) is 0 Å². The third-order valence-electron chi connectivity index (χ3n) is 2.22. The quantitative estimate of drug-likeness (QED) is 0.722. The van der Waals surface area contributed by atoms with Crippen LogP contribution in [0, 0.1) is 0 Å². The summed E-state index contributed by atoms with van der Waals surface area (Å²) in [4.78, 5) is 17.1. The lowest BCUT2D eigenvalue weighted by Gasteiger charge is -2.18. The summed E-state index contributed by atoms with van der Waals surface area (Å²) in [5, 5.41) is 0. The summed E-state index contributed by atoms with van der Waals surface area (Å²) in [6, 6.07) is 1.68. The molecule has 0 aromatic carbocycles. The van der Waals surface area contributed by atoms with E-state index in [2.05, 4.69) is 4.98 Å². The Balaban J connectivity index is 2.49. The van der Waals surface area contributed by atoms with E-state index in [4.69, 9.17) is 15.2 Å². The van der Waals surface area contributed by atoms with Gasteiger partial charge in [0.25, 0.3) is 5.91 Å². The Kier molecular flexibility index (Phi) is 5.38. The third-order valence-corrected chi connectivity index (χ3v) is 2.22. The van der Waals surface area contributed by atoms with Crippen LogP contribution in [0.2, 0.25) is 0 Å². The van der Waals surface area contributed by atoms with Crippen molar-refractivity contribution in [3.05, 3.63) is 18.5 Å². The van der Waals surface area contributed by atoms with Crippen molar-refractivity contribution in [2.75, 3.05) is 44.6 Å². The zero-order chi connectivity index (χ0) is 12.7. The van der Waals surface area contributed by atoms with Gasteiger partial charge in [0, 0.05) is 20.4 Å². The molecule has 0 saturated carbocycles. The molecule has 1 aromatic rings. The van der Waals surface area contributed by atoms with Crippen molar-refractivity contribution >= 4 is 17.3 Å². The van der Waals surface area contributed by atoms with Crippen molar-refractivity contribution < 1.29 is 14.3 Å². The van der Waals surface area contributed by atoms with Gasteiger partial charge in [-0.15, -0.1) is 0 Å². The summed E-state index contributed by atoms with van der Waals surface area (Å²) < 4.78 is 9.96. The molecule has 0 bridgehead atoms. The molecule has 6 nitrogen and oxygen atoms in total. The van der Waals surface area contributed by atoms with Gasteiger partial charge in [0.15, 0.2) is 0 Å². The second-order valence-electron chi connectivity index (χ2n) is 3.43. The normalized spacial score (nSPS) is 10.2. The molecule has 1 rings (SSSR count). The monoisotopic (exact) mass is 239 g/mol. The lowest BCUT2D eigenvalue weighted by molar-refractivity contribution is -0.123. The number of anilines is 2. The maximum atomic E-state index is 11.7. The van der Waals surface area contributed by atoms with Crippen molar-refractivity contribution in [1.82, 2.24) is 4.98 Å².